The van der Waals surface area contributed by atoms with Crippen LogP contribution in [0.5, 0.6) is 5.88 Å². The van der Waals surface area contributed by atoms with Crippen molar-refractivity contribution in [1.82, 2.24) is 29.7 Å². The number of nitrogens with zero attached hydrogens (tertiary/aromatic N) is 5. The summed E-state index contributed by atoms with van der Waals surface area (Å²) in [5.74, 6) is 1.23. The van der Waals surface area contributed by atoms with Gasteiger partial charge in [-0.3, -0.25) is 0 Å². The Kier molecular flexibility index (Phi) is 4.19. The first-order valence-electron chi connectivity index (χ1n) is 8.38. The molecule has 0 aromatic carbocycles. The molecular weight excluding hydrogens is 349 g/mol. The van der Waals surface area contributed by atoms with Crippen LogP contribution in [0.1, 0.15) is 24.1 Å². The lowest BCUT2D eigenvalue weighted by Crippen LogP contribution is -2.09. The normalized spacial score (nSPS) is 12.3. The summed E-state index contributed by atoms with van der Waals surface area (Å²) in [6, 6.07) is 6.73. The molecule has 138 valence electrons. The minimum Gasteiger partial charge on any atom is -0.481 e. The Hall–Kier alpha value is -3.49. The molecule has 4 heterocycles. The predicted octanol–water partition coefficient (Wildman–Crippen LogP) is 3.36. The number of aromatic amines is 1. The molecule has 4 aromatic heterocycles. The second kappa shape index (κ2) is 6.67. The molecule has 0 bridgehead atoms. The maximum absolute atomic E-state index is 14.1. The SMILES string of the molecule is COc1cc(Nc2cc(C)c3ncn([C@@H](C)c4cccnc4F)c3n2)n[nH]1. The fourth-order valence-electron chi connectivity index (χ4n) is 2.97. The highest BCUT2D eigenvalue weighted by Crippen LogP contribution is 2.27. The van der Waals surface area contributed by atoms with Gasteiger partial charge in [0.05, 0.1) is 19.5 Å². The highest BCUT2D eigenvalue weighted by molar-refractivity contribution is 5.78. The number of nitrogens with one attached hydrogen (secondary N) is 2. The summed E-state index contributed by atoms with van der Waals surface area (Å²) in [6.07, 6.45) is 3.10. The standard InChI is InChI=1S/C18H18FN7O/c1-10-7-13(22-14-8-15(27-3)25-24-14)23-18-16(10)21-9-26(18)11(2)12-5-4-6-20-17(12)19/h4-9,11H,1-3H3,(H2,22,23,24,25)/t11-/m0/s1. The molecule has 0 spiro atoms. The monoisotopic (exact) mass is 367 g/mol. The van der Waals surface area contributed by atoms with Crippen LogP contribution in [0.4, 0.5) is 16.0 Å². The van der Waals surface area contributed by atoms with Crippen molar-refractivity contribution < 1.29 is 9.13 Å². The van der Waals surface area contributed by atoms with Crippen LogP contribution in [0.3, 0.4) is 0 Å². The third kappa shape index (κ3) is 3.07. The first kappa shape index (κ1) is 17.0. The van der Waals surface area contributed by atoms with Gasteiger partial charge in [0.15, 0.2) is 11.5 Å². The van der Waals surface area contributed by atoms with Gasteiger partial charge in [0.2, 0.25) is 11.8 Å². The van der Waals surface area contributed by atoms with E-state index in [0.29, 0.717) is 28.7 Å². The van der Waals surface area contributed by atoms with Gasteiger partial charge in [0.25, 0.3) is 0 Å². The van der Waals surface area contributed by atoms with E-state index in [9.17, 15) is 4.39 Å². The van der Waals surface area contributed by atoms with Crippen LogP contribution in [0, 0.1) is 12.9 Å². The number of aromatic nitrogens is 6. The molecule has 0 saturated heterocycles. The highest BCUT2D eigenvalue weighted by Gasteiger charge is 2.18. The number of ether oxygens (including phenoxy) is 1. The molecule has 0 saturated carbocycles. The zero-order valence-corrected chi connectivity index (χ0v) is 15.1. The van der Waals surface area contributed by atoms with Gasteiger partial charge < -0.3 is 14.6 Å². The molecule has 8 nitrogen and oxygen atoms in total. The van der Waals surface area contributed by atoms with Crippen LogP contribution in [-0.2, 0) is 0 Å². The number of pyridine rings is 2. The minimum absolute atomic E-state index is 0.309. The van der Waals surface area contributed by atoms with Gasteiger partial charge >= 0.3 is 0 Å². The molecule has 4 rings (SSSR count). The summed E-state index contributed by atoms with van der Waals surface area (Å²) in [5, 5.41) is 10.0. The van der Waals surface area contributed by atoms with Crippen molar-refractivity contribution in [3.63, 3.8) is 0 Å². The molecule has 0 aliphatic carbocycles. The van der Waals surface area contributed by atoms with Gasteiger partial charge in [-0.05, 0) is 31.5 Å². The van der Waals surface area contributed by atoms with Crippen LogP contribution in [0.2, 0.25) is 0 Å². The van der Waals surface area contributed by atoms with E-state index >= 15 is 0 Å². The van der Waals surface area contributed by atoms with E-state index in [1.165, 1.54) is 6.20 Å². The van der Waals surface area contributed by atoms with Crippen molar-refractivity contribution in [1.29, 1.82) is 0 Å². The van der Waals surface area contributed by atoms with Crippen molar-refractivity contribution >= 4 is 22.8 Å². The first-order valence-corrected chi connectivity index (χ1v) is 8.38. The molecule has 27 heavy (non-hydrogen) atoms. The molecule has 4 aromatic rings. The molecule has 0 unspecified atom stereocenters. The van der Waals surface area contributed by atoms with E-state index in [1.54, 1.807) is 31.6 Å². The summed E-state index contributed by atoms with van der Waals surface area (Å²) in [6.45, 7) is 3.84. The van der Waals surface area contributed by atoms with E-state index < -0.39 is 5.95 Å². The predicted molar refractivity (Wildman–Crippen MR) is 98.7 cm³/mol. The average Bonchev–Trinajstić information content (AvgIpc) is 3.28. The largest absolute Gasteiger partial charge is 0.481 e. The molecule has 1 atom stereocenters. The van der Waals surface area contributed by atoms with Gasteiger partial charge in [-0.15, -0.1) is 0 Å². The summed E-state index contributed by atoms with van der Waals surface area (Å²) < 4.78 is 21.0. The Balaban J connectivity index is 1.74. The summed E-state index contributed by atoms with van der Waals surface area (Å²) in [4.78, 5) is 12.8. The van der Waals surface area contributed by atoms with Crippen molar-refractivity contribution in [2.24, 2.45) is 0 Å². The molecule has 2 N–H and O–H groups in total. The maximum atomic E-state index is 14.1. The van der Waals surface area contributed by atoms with E-state index in [1.807, 2.05) is 24.5 Å². The number of fused-ring (bicyclic) bond motifs is 1. The topological polar surface area (TPSA) is 93.5 Å². The third-order valence-electron chi connectivity index (χ3n) is 4.41. The third-order valence-corrected chi connectivity index (χ3v) is 4.41. The van der Waals surface area contributed by atoms with Crippen LogP contribution in [0.25, 0.3) is 11.2 Å². The maximum Gasteiger partial charge on any atom is 0.218 e. The van der Waals surface area contributed by atoms with Crippen LogP contribution < -0.4 is 10.1 Å². The molecule has 9 heteroatoms. The zero-order valence-electron chi connectivity index (χ0n) is 15.1. The summed E-state index contributed by atoms with van der Waals surface area (Å²) >= 11 is 0. The minimum atomic E-state index is -0.499. The smallest absolute Gasteiger partial charge is 0.218 e. The van der Waals surface area contributed by atoms with Gasteiger partial charge in [-0.25, -0.2) is 20.1 Å². The molecule has 0 amide bonds. The number of hydrogen-bond acceptors (Lipinski definition) is 6. The molecule has 0 fully saturated rings. The Morgan fingerprint density at radius 2 is 2.11 bits per heavy atom. The number of H-pyrrole nitrogens is 1. The van der Waals surface area contributed by atoms with Gasteiger partial charge in [0, 0.05) is 17.8 Å². The average molecular weight is 367 g/mol. The summed E-state index contributed by atoms with van der Waals surface area (Å²) in [5.41, 5.74) is 2.83. The van der Waals surface area contributed by atoms with Gasteiger partial charge in [0.1, 0.15) is 11.3 Å². The Morgan fingerprint density at radius 1 is 1.26 bits per heavy atom. The zero-order chi connectivity index (χ0) is 19.0. The van der Waals surface area contributed by atoms with Crippen molar-refractivity contribution in [3.8, 4) is 5.88 Å². The number of halogens is 1. The second-order valence-electron chi connectivity index (χ2n) is 6.15. The van der Waals surface area contributed by atoms with Crippen molar-refractivity contribution in [2.75, 3.05) is 12.4 Å². The van der Waals surface area contributed by atoms with E-state index in [-0.39, 0.29) is 6.04 Å². The Labute approximate surface area is 154 Å². The number of imidazole rings is 1. The fourth-order valence-corrected chi connectivity index (χ4v) is 2.97. The van der Waals surface area contributed by atoms with E-state index in [2.05, 4.69) is 30.5 Å². The van der Waals surface area contributed by atoms with E-state index in [0.717, 1.165) is 11.1 Å². The Bertz CT molecular complexity index is 1100. The summed E-state index contributed by atoms with van der Waals surface area (Å²) in [7, 11) is 1.56. The number of aryl methyl sites for hydroxylation is 1. The second-order valence-corrected chi connectivity index (χ2v) is 6.15. The van der Waals surface area contributed by atoms with Crippen LogP contribution in [-0.4, -0.2) is 36.8 Å². The number of methoxy groups -OCH3 is 1. The quantitative estimate of drug-likeness (QED) is 0.526. The van der Waals surface area contributed by atoms with Crippen LogP contribution >= 0.6 is 0 Å². The lowest BCUT2D eigenvalue weighted by molar-refractivity contribution is 0.397. The molecular formula is C18H18FN7O. The fraction of sp³-hybridized carbons (Fsp3) is 0.222. The molecule has 0 aliphatic heterocycles. The lowest BCUT2D eigenvalue weighted by atomic mass is 10.1. The number of anilines is 2. The van der Waals surface area contributed by atoms with Crippen molar-refractivity contribution in [3.05, 3.63) is 53.9 Å². The van der Waals surface area contributed by atoms with Crippen LogP contribution in [0.15, 0.2) is 36.8 Å². The van der Waals surface area contributed by atoms with Crippen molar-refractivity contribution in [2.45, 2.75) is 19.9 Å². The molecule has 0 aliphatic rings. The Morgan fingerprint density at radius 3 is 2.85 bits per heavy atom. The van der Waals surface area contributed by atoms with Gasteiger partial charge in [-0.1, -0.05) is 6.07 Å². The molecule has 0 radical (unpaired) electrons. The van der Waals surface area contributed by atoms with E-state index in [4.69, 9.17) is 4.74 Å². The number of rotatable bonds is 5. The highest BCUT2D eigenvalue weighted by atomic mass is 19.1. The van der Waals surface area contributed by atoms with Gasteiger partial charge in [-0.2, -0.15) is 9.49 Å². The lowest BCUT2D eigenvalue weighted by Gasteiger charge is -2.15. The first-order chi connectivity index (χ1) is 13.1. The number of hydrogen-bond donors (Lipinski definition) is 2.